The van der Waals surface area contributed by atoms with Crippen LogP contribution in [0.2, 0.25) is 0 Å². The minimum atomic E-state index is -0.0632. The van der Waals surface area contributed by atoms with Crippen molar-refractivity contribution in [3.8, 4) is 5.69 Å². The maximum Gasteiger partial charge on any atom is 0.174 e. The van der Waals surface area contributed by atoms with E-state index in [2.05, 4.69) is 113 Å². The number of nitrogens with zero attached hydrogens (tertiary/aromatic N) is 3. The molecule has 0 amide bonds. The van der Waals surface area contributed by atoms with E-state index < -0.39 is 0 Å². The summed E-state index contributed by atoms with van der Waals surface area (Å²) in [5, 5.41) is 4.30. The molecule has 6 heteroatoms. The Morgan fingerprint density at radius 2 is 1.71 bits per heavy atom. The second kappa shape index (κ2) is 9.01. The number of thiocarbonyl (C=S) groups is 1. The fourth-order valence-corrected chi connectivity index (χ4v) is 5.66. The van der Waals surface area contributed by atoms with Crippen molar-refractivity contribution in [3.05, 3.63) is 111 Å². The molecule has 0 unspecified atom stereocenters. The number of nitrogens with one attached hydrogen (secondary N) is 1. The number of halogens is 1. The molecule has 1 aliphatic rings. The molecular formula is C28H27BrN4S. The van der Waals surface area contributed by atoms with Crippen molar-refractivity contribution in [2.75, 3.05) is 4.90 Å². The largest absolute Gasteiger partial charge is 0.351 e. The number of benzene rings is 2. The highest BCUT2D eigenvalue weighted by Gasteiger charge is 2.42. The summed E-state index contributed by atoms with van der Waals surface area (Å²) in [6, 6.07) is 23.2. The Morgan fingerprint density at radius 3 is 2.41 bits per heavy atom. The molecule has 1 saturated heterocycles. The molecule has 4 nitrogen and oxygen atoms in total. The molecule has 1 aliphatic heterocycles. The monoisotopic (exact) mass is 530 g/mol. The number of anilines is 1. The molecule has 3 heterocycles. The fraction of sp³-hybridized carbons (Fsp3) is 0.214. The molecule has 2 aromatic heterocycles. The Hall–Kier alpha value is -2.96. The third-order valence-electron chi connectivity index (χ3n) is 6.72. The molecule has 2 atom stereocenters. The van der Waals surface area contributed by atoms with E-state index in [4.69, 9.17) is 17.2 Å². The Labute approximate surface area is 214 Å². The molecule has 5 rings (SSSR count). The van der Waals surface area contributed by atoms with Crippen LogP contribution in [-0.4, -0.2) is 14.7 Å². The van der Waals surface area contributed by atoms with Crippen molar-refractivity contribution >= 4 is 38.9 Å². The van der Waals surface area contributed by atoms with Crippen molar-refractivity contribution < 1.29 is 0 Å². The number of aromatic nitrogens is 2. The lowest BCUT2D eigenvalue weighted by atomic mass is 9.96. The highest BCUT2D eigenvalue weighted by atomic mass is 79.9. The molecule has 0 aliphatic carbocycles. The predicted molar refractivity (Wildman–Crippen MR) is 147 cm³/mol. The number of hydrogen-bond acceptors (Lipinski definition) is 2. The van der Waals surface area contributed by atoms with Gasteiger partial charge in [-0.15, -0.1) is 0 Å². The third kappa shape index (κ3) is 3.95. The van der Waals surface area contributed by atoms with Crippen LogP contribution in [0, 0.1) is 27.7 Å². The predicted octanol–water partition coefficient (Wildman–Crippen LogP) is 7.05. The zero-order valence-electron chi connectivity index (χ0n) is 19.7. The Morgan fingerprint density at radius 1 is 0.882 bits per heavy atom. The van der Waals surface area contributed by atoms with E-state index in [1.165, 1.54) is 28.1 Å². The Bertz CT molecular complexity index is 1380. The molecule has 172 valence electrons. The van der Waals surface area contributed by atoms with Gasteiger partial charge in [0.15, 0.2) is 5.11 Å². The first-order valence-electron chi connectivity index (χ1n) is 11.4. The van der Waals surface area contributed by atoms with Gasteiger partial charge in [-0.3, -0.25) is 4.98 Å². The fourth-order valence-electron chi connectivity index (χ4n) is 4.92. The van der Waals surface area contributed by atoms with Gasteiger partial charge >= 0.3 is 0 Å². The van der Waals surface area contributed by atoms with Crippen molar-refractivity contribution in [1.82, 2.24) is 14.9 Å². The Balaban J connectivity index is 1.69. The van der Waals surface area contributed by atoms with Crippen molar-refractivity contribution in [3.63, 3.8) is 0 Å². The maximum atomic E-state index is 5.92. The summed E-state index contributed by atoms with van der Waals surface area (Å²) >= 11 is 9.55. The van der Waals surface area contributed by atoms with Crippen LogP contribution in [0.4, 0.5) is 5.69 Å². The van der Waals surface area contributed by atoms with E-state index in [-0.39, 0.29) is 12.1 Å². The van der Waals surface area contributed by atoms with Crippen molar-refractivity contribution in [2.45, 2.75) is 39.8 Å². The average molecular weight is 532 g/mol. The van der Waals surface area contributed by atoms with Gasteiger partial charge in [-0.05, 0) is 105 Å². The topological polar surface area (TPSA) is 33.1 Å². The highest BCUT2D eigenvalue weighted by Crippen LogP contribution is 2.44. The number of aryl methyl sites for hydroxylation is 3. The quantitative estimate of drug-likeness (QED) is 0.286. The second-order valence-corrected chi connectivity index (χ2v) is 10.2. The van der Waals surface area contributed by atoms with E-state index in [0.717, 1.165) is 26.7 Å². The molecular weight excluding hydrogens is 504 g/mol. The first kappa shape index (κ1) is 22.8. The summed E-state index contributed by atoms with van der Waals surface area (Å²) in [4.78, 5) is 6.96. The summed E-state index contributed by atoms with van der Waals surface area (Å²) in [5.74, 6) is 0. The van der Waals surface area contributed by atoms with Crippen LogP contribution in [0.1, 0.15) is 45.9 Å². The smallest absolute Gasteiger partial charge is 0.174 e. The summed E-state index contributed by atoms with van der Waals surface area (Å²) < 4.78 is 3.38. The van der Waals surface area contributed by atoms with Gasteiger partial charge in [0.05, 0.1) is 17.8 Å². The maximum absolute atomic E-state index is 5.92. The van der Waals surface area contributed by atoms with E-state index in [9.17, 15) is 0 Å². The van der Waals surface area contributed by atoms with Gasteiger partial charge in [0.1, 0.15) is 0 Å². The Kier molecular flexibility index (Phi) is 6.04. The van der Waals surface area contributed by atoms with Crippen LogP contribution in [0.15, 0.2) is 77.4 Å². The molecule has 0 saturated carbocycles. The van der Waals surface area contributed by atoms with Crippen LogP contribution >= 0.6 is 28.1 Å². The zero-order chi connectivity index (χ0) is 24.0. The SMILES string of the molecule is Cc1ccc(N2C(=S)N[C@H](c3ccccn3)[C@@H]2c2cc(C)n(-c3cccc(Br)c3)c2C)cc1C. The van der Waals surface area contributed by atoms with Crippen LogP contribution in [0.3, 0.4) is 0 Å². The minimum absolute atomic E-state index is 0.0309. The lowest BCUT2D eigenvalue weighted by molar-refractivity contribution is 0.565. The summed E-state index contributed by atoms with van der Waals surface area (Å²) in [6.45, 7) is 8.64. The van der Waals surface area contributed by atoms with Gasteiger partial charge in [0.2, 0.25) is 0 Å². The van der Waals surface area contributed by atoms with Crippen molar-refractivity contribution in [2.24, 2.45) is 0 Å². The molecule has 0 spiro atoms. The normalized spacial score (nSPS) is 17.8. The third-order valence-corrected chi connectivity index (χ3v) is 7.53. The van der Waals surface area contributed by atoms with E-state index in [1.807, 2.05) is 18.3 Å². The molecule has 0 radical (unpaired) electrons. The second-order valence-electron chi connectivity index (χ2n) is 8.91. The number of hydrogen-bond donors (Lipinski definition) is 1. The molecule has 0 bridgehead atoms. The minimum Gasteiger partial charge on any atom is -0.351 e. The molecule has 1 fully saturated rings. The van der Waals surface area contributed by atoms with E-state index >= 15 is 0 Å². The molecule has 2 aromatic carbocycles. The highest BCUT2D eigenvalue weighted by molar-refractivity contribution is 9.10. The summed E-state index contributed by atoms with van der Waals surface area (Å²) in [7, 11) is 0. The molecule has 34 heavy (non-hydrogen) atoms. The van der Waals surface area contributed by atoms with Gasteiger partial charge in [-0.1, -0.05) is 34.1 Å². The van der Waals surface area contributed by atoms with Gasteiger partial charge < -0.3 is 14.8 Å². The van der Waals surface area contributed by atoms with Crippen molar-refractivity contribution in [1.29, 1.82) is 0 Å². The van der Waals surface area contributed by atoms with Gasteiger partial charge in [0, 0.05) is 33.4 Å². The van der Waals surface area contributed by atoms with E-state index in [0.29, 0.717) is 0 Å². The van der Waals surface area contributed by atoms with Gasteiger partial charge in [-0.25, -0.2) is 0 Å². The van der Waals surface area contributed by atoms with Crippen LogP contribution in [0.5, 0.6) is 0 Å². The van der Waals surface area contributed by atoms with Crippen LogP contribution in [0.25, 0.3) is 5.69 Å². The summed E-state index contributed by atoms with van der Waals surface area (Å²) in [5.41, 5.74) is 9.34. The van der Waals surface area contributed by atoms with E-state index in [1.54, 1.807) is 0 Å². The first-order chi connectivity index (χ1) is 16.3. The zero-order valence-corrected chi connectivity index (χ0v) is 22.1. The average Bonchev–Trinajstić information content (AvgIpc) is 3.31. The van der Waals surface area contributed by atoms with Gasteiger partial charge in [0.25, 0.3) is 0 Å². The molecule has 1 N–H and O–H groups in total. The van der Waals surface area contributed by atoms with Gasteiger partial charge in [-0.2, -0.15) is 0 Å². The number of rotatable bonds is 4. The van der Waals surface area contributed by atoms with Crippen LogP contribution < -0.4 is 10.2 Å². The van der Waals surface area contributed by atoms with Crippen LogP contribution in [-0.2, 0) is 0 Å². The summed E-state index contributed by atoms with van der Waals surface area (Å²) in [6.07, 6.45) is 1.85. The molecule has 4 aromatic rings. The lowest BCUT2D eigenvalue weighted by Gasteiger charge is -2.28. The number of pyridine rings is 1. The lowest BCUT2D eigenvalue weighted by Crippen LogP contribution is -2.29. The standard InChI is InChI=1S/C28H27BrN4S/c1-17-11-12-23(14-18(17)2)33-27(26(31-28(33)34)25-10-5-6-13-30-25)24-15-19(3)32(20(24)4)22-9-7-8-21(29)16-22/h5-16,26-27H,1-4H3,(H,31,34)/t26-,27+/m1/s1. The first-order valence-corrected chi connectivity index (χ1v) is 12.6.